The summed E-state index contributed by atoms with van der Waals surface area (Å²) in [7, 11) is -0.749. The van der Waals surface area contributed by atoms with Crippen LogP contribution in [0.3, 0.4) is 0 Å². The second-order valence-electron chi connectivity index (χ2n) is 3.89. The monoisotopic (exact) mass is 232 g/mol. The van der Waals surface area contributed by atoms with Crippen molar-refractivity contribution in [3.8, 4) is 0 Å². The maximum absolute atomic E-state index is 11.5. The van der Waals surface area contributed by atoms with E-state index >= 15 is 0 Å². The normalized spacial score (nSPS) is 19.6. The van der Waals surface area contributed by atoms with E-state index in [0.29, 0.717) is 24.1 Å². The first-order valence-electron chi connectivity index (χ1n) is 5.52. The van der Waals surface area contributed by atoms with Gasteiger partial charge in [-0.3, -0.25) is 9.00 Å². The smallest absolute Gasteiger partial charge is 0.237 e. The largest absolute Gasteiger partial charge is 0.352 e. The maximum Gasteiger partial charge on any atom is 0.237 e. The summed E-state index contributed by atoms with van der Waals surface area (Å²) in [5.41, 5.74) is 0. The third-order valence-electron chi connectivity index (χ3n) is 2.42. The standard InChI is InChI=1S/C10H20N2O2S/c1-3-15(14)7-6-11-8(2)10(13)12-9-4-5-9/h8-9,11H,3-7H2,1-2H3,(H,12,13). The number of hydrogen-bond acceptors (Lipinski definition) is 3. The average molecular weight is 232 g/mol. The number of rotatable bonds is 7. The zero-order valence-electron chi connectivity index (χ0n) is 9.41. The van der Waals surface area contributed by atoms with Gasteiger partial charge in [0.05, 0.1) is 6.04 Å². The molecule has 0 saturated heterocycles. The summed E-state index contributed by atoms with van der Waals surface area (Å²) in [4.78, 5) is 11.5. The molecule has 0 aliphatic heterocycles. The molecule has 0 radical (unpaired) electrons. The van der Waals surface area contributed by atoms with Crippen molar-refractivity contribution in [3.05, 3.63) is 0 Å². The van der Waals surface area contributed by atoms with E-state index in [0.717, 1.165) is 12.8 Å². The van der Waals surface area contributed by atoms with Crippen LogP contribution in [0.5, 0.6) is 0 Å². The molecule has 4 nitrogen and oxygen atoms in total. The molecule has 0 aromatic carbocycles. The minimum Gasteiger partial charge on any atom is -0.352 e. The van der Waals surface area contributed by atoms with Crippen molar-refractivity contribution in [2.24, 2.45) is 0 Å². The summed E-state index contributed by atoms with van der Waals surface area (Å²) < 4.78 is 11.1. The summed E-state index contributed by atoms with van der Waals surface area (Å²) >= 11 is 0. The van der Waals surface area contributed by atoms with Crippen LogP contribution in [-0.4, -0.2) is 40.3 Å². The van der Waals surface area contributed by atoms with E-state index in [1.165, 1.54) is 0 Å². The Morgan fingerprint density at radius 3 is 2.73 bits per heavy atom. The van der Waals surface area contributed by atoms with Gasteiger partial charge in [-0.2, -0.15) is 0 Å². The van der Waals surface area contributed by atoms with Crippen molar-refractivity contribution in [3.63, 3.8) is 0 Å². The van der Waals surface area contributed by atoms with Crippen molar-refractivity contribution in [2.45, 2.75) is 38.8 Å². The average Bonchev–Trinajstić information content (AvgIpc) is 3.01. The molecule has 0 heterocycles. The van der Waals surface area contributed by atoms with Crippen LogP contribution >= 0.6 is 0 Å². The molecule has 5 heteroatoms. The molecular weight excluding hydrogens is 212 g/mol. The van der Waals surface area contributed by atoms with Crippen LogP contribution in [-0.2, 0) is 15.6 Å². The van der Waals surface area contributed by atoms with Crippen LogP contribution < -0.4 is 10.6 Å². The molecule has 1 saturated carbocycles. The number of carbonyl (C=O) groups excluding carboxylic acids is 1. The minimum absolute atomic E-state index is 0.0554. The molecule has 2 unspecified atom stereocenters. The van der Waals surface area contributed by atoms with Crippen molar-refractivity contribution in [2.75, 3.05) is 18.1 Å². The molecule has 2 N–H and O–H groups in total. The van der Waals surface area contributed by atoms with Gasteiger partial charge in [0.15, 0.2) is 0 Å². The van der Waals surface area contributed by atoms with Gasteiger partial charge in [0.25, 0.3) is 0 Å². The maximum atomic E-state index is 11.5. The Morgan fingerprint density at radius 2 is 2.20 bits per heavy atom. The number of hydrogen-bond donors (Lipinski definition) is 2. The highest BCUT2D eigenvalue weighted by Crippen LogP contribution is 2.18. The van der Waals surface area contributed by atoms with Crippen LogP contribution in [0.25, 0.3) is 0 Å². The van der Waals surface area contributed by atoms with E-state index in [-0.39, 0.29) is 11.9 Å². The predicted molar refractivity (Wildman–Crippen MR) is 62.2 cm³/mol. The Bertz CT molecular complexity index is 242. The molecule has 1 amide bonds. The second kappa shape index (κ2) is 6.23. The van der Waals surface area contributed by atoms with Crippen molar-refractivity contribution in [1.82, 2.24) is 10.6 Å². The van der Waals surface area contributed by atoms with Crippen molar-refractivity contribution >= 4 is 16.7 Å². The lowest BCUT2D eigenvalue weighted by atomic mass is 10.3. The minimum atomic E-state index is -0.749. The van der Waals surface area contributed by atoms with E-state index in [4.69, 9.17) is 0 Å². The summed E-state index contributed by atoms with van der Waals surface area (Å²) in [6.45, 7) is 4.38. The van der Waals surface area contributed by atoms with E-state index in [9.17, 15) is 9.00 Å². The topological polar surface area (TPSA) is 58.2 Å². The fourth-order valence-electron chi connectivity index (χ4n) is 1.18. The second-order valence-corrected chi connectivity index (χ2v) is 5.76. The highest BCUT2D eigenvalue weighted by molar-refractivity contribution is 7.84. The van der Waals surface area contributed by atoms with E-state index in [1.54, 1.807) is 0 Å². The Labute approximate surface area is 93.7 Å². The summed E-state index contributed by atoms with van der Waals surface area (Å²) in [6, 6.07) is 0.228. The first kappa shape index (κ1) is 12.6. The highest BCUT2D eigenvalue weighted by Gasteiger charge is 2.25. The zero-order valence-corrected chi connectivity index (χ0v) is 10.2. The van der Waals surface area contributed by atoms with Gasteiger partial charge in [-0.05, 0) is 19.8 Å². The molecule has 2 atom stereocenters. The zero-order chi connectivity index (χ0) is 11.3. The summed E-state index contributed by atoms with van der Waals surface area (Å²) in [5, 5.41) is 6.00. The number of nitrogens with one attached hydrogen (secondary N) is 2. The Balaban J connectivity index is 2.08. The molecule has 0 spiro atoms. The molecule has 0 bridgehead atoms. The molecule has 0 aromatic rings. The highest BCUT2D eigenvalue weighted by atomic mass is 32.2. The lowest BCUT2D eigenvalue weighted by Gasteiger charge is -2.13. The van der Waals surface area contributed by atoms with Gasteiger partial charge in [0.2, 0.25) is 5.91 Å². The quantitative estimate of drug-likeness (QED) is 0.650. The number of amides is 1. The lowest BCUT2D eigenvalue weighted by Crippen LogP contribution is -2.44. The fourth-order valence-corrected chi connectivity index (χ4v) is 1.81. The lowest BCUT2D eigenvalue weighted by molar-refractivity contribution is -0.122. The Morgan fingerprint density at radius 1 is 1.53 bits per heavy atom. The van der Waals surface area contributed by atoms with Gasteiger partial charge in [-0.15, -0.1) is 0 Å². The third-order valence-corrected chi connectivity index (χ3v) is 3.72. The van der Waals surface area contributed by atoms with Crippen molar-refractivity contribution < 1.29 is 9.00 Å². The Hall–Kier alpha value is -0.420. The first-order chi connectivity index (χ1) is 7.13. The van der Waals surface area contributed by atoms with Gasteiger partial charge in [0.1, 0.15) is 0 Å². The molecule has 1 aliphatic rings. The predicted octanol–water partition coefficient (Wildman–Crippen LogP) is 0.0117. The van der Waals surface area contributed by atoms with Crippen LogP contribution in [0.15, 0.2) is 0 Å². The summed E-state index contributed by atoms with van der Waals surface area (Å²) in [6.07, 6.45) is 2.22. The van der Waals surface area contributed by atoms with Crippen molar-refractivity contribution in [1.29, 1.82) is 0 Å². The SMILES string of the molecule is CCS(=O)CCNC(C)C(=O)NC1CC1. The Kier molecular flexibility index (Phi) is 5.25. The van der Waals surface area contributed by atoms with Gasteiger partial charge in [-0.1, -0.05) is 6.92 Å². The van der Waals surface area contributed by atoms with Crippen LogP contribution in [0.2, 0.25) is 0 Å². The van der Waals surface area contributed by atoms with Crippen LogP contribution in [0.1, 0.15) is 26.7 Å². The van der Waals surface area contributed by atoms with E-state index in [1.807, 2.05) is 13.8 Å². The van der Waals surface area contributed by atoms with E-state index < -0.39 is 10.8 Å². The van der Waals surface area contributed by atoms with E-state index in [2.05, 4.69) is 10.6 Å². The fraction of sp³-hybridized carbons (Fsp3) is 0.900. The molecule has 88 valence electrons. The molecule has 1 fully saturated rings. The molecular formula is C10H20N2O2S. The molecule has 1 rings (SSSR count). The molecule has 0 aromatic heterocycles. The van der Waals surface area contributed by atoms with Gasteiger partial charge < -0.3 is 10.6 Å². The van der Waals surface area contributed by atoms with Crippen LogP contribution in [0.4, 0.5) is 0 Å². The third kappa shape index (κ3) is 5.28. The summed E-state index contributed by atoms with van der Waals surface area (Å²) in [5.74, 6) is 1.36. The molecule has 1 aliphatic carbocycles. The molecule has 15 heavy (non-hydrogen) atoms. The van der Waals surface area contributed by atoms with Gasteiger partial charge in [-0.25, -0.2) is 0 Å². The van der Waals surface area contributed by atoms with Gasteiger partial charge in [0, 0.05) is 34.9 Å². The van der Waals surface area contributed by atoms with Crippen LogP contribution in [0, 0.1) is 0 Å². The first-order valence-corrected chi connectivity index (χ1v) is 7.01. The van der Waals surface area contributed by atoms with Gasteiger partial charge >= 0.3 is 0 Å². The number of carbonyl (C=O) groups is 1.